The minimum Gasteiger partial charge on any atom is -0.457 e. The molecule has 1 aromatic heterocycles. The first-order valence-corrected chi connectivity index (χ1v) is 9.35. The number of ether oxygens (including phenoxy) is 1. The number of nitrogens with one attached hydrogen (secondary N) is 2. The van der Waals surface area contributed by atoms with Crippen LogP contribution in [0.2, 0.25) is 0 Å². The Bertz CT molecular complexity index is 857. The number of carbonyl (C=O) groups excluding carboxylic acids is 2. The highest BCUT2D eigenvalue weighted by Crippen LogP contribution is 2.15. The van der Waals surface area contributed by atoms with Gasteiger partial charge >= 0.3 is 5.97 Å². The fraction of sp³-hybridized carbons (Fsp3) is 0.294. The number of carbonyl (C=O) groups is 2. The zero-order chi connectivity index (χ0) is 19.3. The van der Waals surface area contributed by atoms with E-state index in [0.717, 1.165) is 0 Å². The molecule has 0 aliphatic heterocycles. The third-order valence-electron chi connectivity index (χ3n) is 3.20. The number of sulfonamides is 1. The van der Waals surface area contributed by atoms with E-state index in [-0.39, 0.29) is 16.7 Å². The van der Waals surface area contributed by atoms with E-state index in [2.05, 4.69) is 10.0 Å². The smallest absolute Gasteiger partial charge is 0.374 e. The highest BCUT2D eigenvalue weighted by molar-refractivity contribution is 7.89. The fourth-order valence-corrected chi connectivity index (χ4v) is 3.26. The quantitative estimate of drug-likeness (QED) is 0.711. The van der Waals surface area contributed by atoms with Gasteiger partial charge in [-0.25, -0.2) is 17.9 Å². The first kappa shape index (κ1) is 19.7. The van der Waals surface area contributed by atoms with Crippen LogP contribution in [-0.2, 0) is 19.6 Å². The normalized spacial score (nSPS) is 12.6. The number of esters is 1. The van der Waals surface area contributed by atoms with Crippen molar-refractivity contribution in [2.24, 2.45) is 0 Å². The molecule has 0 radical (unpaired) electrons. The Morgan fingerprint density at radius 3 is 2.27 bits per heavy atom. The van der Waals surface area contributed by atoms with Crippen LogP contribution in [0.3, 0.4) is 0 Å². The first-order chi connectivity index (χ1) is 12.2. The van der Waals surface area contributed by atoms with Crippen LogP contribution >= 0.6 is 0 Å². The molecule has 9 heteroatoms. The Balaban J connectivity index is 1.97. The zero-order valence-corrected chi connectivity index (χ0v) is 15.4. The number of hydrogen-bond acceptors (Lipinski definition) is 6. The van der Waals surface area contributed by atoms with Crippen LogP contribution in [0.25, 0.3) is 0 Å². The van der Waals surface area contributed by atoms with E-state index in [4.69, 9.17) is 9.15 Å². The lowest BCUT2D eigenvalue weighted by Gasteiger charge is -2.13. The number of furan rings is 1. The molecule has 0 spiro atoms. The monoisotopic (exact) mass is 380 g/mol. The van der Waals surface area contributed by atoms with Crippen molar-refractivity contribution in [3.63, 3.8) is 0 Å². The van der Waals surface area contributed by atoms with Gasteiger partial charge in [-0.1, -0.05) is 0 Å². The predicted molar refractivity (Wildman–Crippen MR) is 94.1 cm³/mol. The zero-order valence-electron chi connectivity index (χ0n) is 14.6. The van der Waals surface area contributed by atoms with Crippen molar-refractivity contribution < 1.29 is 27.2 Å². The van der Waals surface area contributed by atoms with Gasteiger partial charge in [0.1, 0.15) is 0 Å². The number of anilines is 1. The molecule has 0 saturated heterocycles. The van der Waals surface area contributed by atoms with E-state index in [1.54, 1.807) is 13.8 Å². The molecular weight excluding hydrogens is 360 g/mol. The van der Waals surface area contributed by atoms with Crippen LogP contribution < -0.4 is 10.0 Å². The molecule has 2 rings (SSSR count). The summed E-state index contributed by atoms with van der Waals surface area (Å²) in [5.41, 5.74) is 0.374. The van der Waals surface area contributed by atoms with E-state index >= 15 is 0 Å². The highest BCUT2D eigenvalue weighted by Gasteiger charge is 2.21. The van der Waals surface area contributed by atoms with Crippen molar-refractivity contribution >= 4 is 27.6 Å². The maximum absolute atomic E-state index is 12.1. The Morgan fingerprint density at radius 1 is 1.08 bits per heavy atom. The van der Waals surface area contributed by atoms with Gasteiger partial charge < -0.3 is 14.5 Å². The van der Waals surface area contributed by atoms with Gasteiger partial charge in [0.2, 0.25) is 15.8 Å². The van der Waals surface area contributed by atoms with Crippen LogP contribution in [0.5, 0.6) is 0 Å². The number of amides is 1. The van der Waals surface area contributed by atoms with Crippen LogP contribution in [0.15, 0.2) is 52.0 Å². The van der Waals surface area contributed by atoms with E-state index in [1.165, 1.54) is 49.6 Å². The van der Waals surface area contributed by atoms with Gasteiger partial charge in [0, 0.05) is 11.7 Å². The van der Waals surface area contributed by atoms with Crippen molar-refractivity contribution in [2.75, 3.05) is 5.32 Å². The summed E-state index contributed by atoms with van der Waals surface area (Å²) in [6.45, 7) is 4.86. The van der Waals surface area contributed by atoms with Crippen LogP contribution in [0.1, 0.15) is 31.3 Å². The van der Waals surface area contributed by atoms with Gasteiger partial charge in [-0.3, -0.25) is 4.79 Å². The summed E-state index contributed by atoms with van der Waals surface area (Å²) in [5.74, 6) is -1.31. The van der Waals surface area contributed by atoms with Crippen LogP contribution in [0.4, 0.5) is 5.69 Å². The van der Waals surface area contributed by atoms with E-state index in [1.807, 2.05) is 0 Å². The van der Waals surface area contributed by atoms with Crippen molar-refractivity contribution in [3.05, 3.63) is 48.4 Å². The second-order valence-corrected chi connectivity index (χ2v) is 7.53. The molecule has 2 N–H and O–H groups in total. The summed E-state index contributed by atoms with van der Waals surface area (Å²) in [6, 6.07) is 8.38. The average molecular weight is 380 g/mol. The van der Waals surface area contributed by atoms with Crippen molar-refractivity contribution in [3.8, 4) is 0 Å². The van der Waals surface area contributed by atoms with Crippen LogP contribution in [0, 0.1) is 0 Å². The van der Waals surface area contributed by atoms with Gasteiger partial charge in [0.25, 0.3) is 5.91 Å². The number of hydrogen-bond donors (Lipinski definition) is 2. The van der Waals surface area contributed by atoms with Gasteiger partial charge in [-0.2, -0.15) is 0 Å². The Labute approximate surface area is 151 Å². The average Bonchev–Trinajstić information content (AvgIpc) is 3.08. The molecule has 0 fully saturated rings. The Hall–Kier alpha value is -2.65. The molecule has 1 atom stereocenters. The molecule has 0 aliphatic rings. The van der Waals surface area contributed by atoms with Gasteiger partial charge in [-0.15, -0.1) is 0 Å². The maximum Gasteiger partial charge on any atom is 0.374 e. The molecule has 26 heavy (non-hydrogen) atoms. The summed E-state index contributed by atoms with van der Waals surface area (Å²) >= 11 is 0. The van der Waals surface area contributed by atoms with Crippen molar-refractivity contribution in [2.45, 2.75) is 37.8 Å². The molecule has 1 amide bonds. The standard InChI is InChI=1S/C17H20N2O6S/c1-11(2)19-26(22,23)14-8-6-13(7-9-14)18-16(20)12(3)25-17(21)15-5-4-10-24-15/h4-12,19H,1-3H3,(H,18,20)/t12-/m1/s1. The fourth-order valence-electron chi connectivity index (χ4n) is 2.01. The summed E-state index contributed by atoms with van der Waals surface area (Å²) < 4.78 is 36.5. The molecule has 0 aliphatic carbocycles. The molecule has 0 unspecified atom stereocenters. The molecule has 0 bridgehead atoms. The highest BCUT2D eigenvalue weighted by atomic mass is 32.2. The second kappa shape index (κ2) is 8.15. The maximum atomic E-state index is 12.1. The third kappa shape index (κ3) is 5.17. The molecule has 1 heterocycles. The summed E-state index contributed by atoms with van der Waals surface area (Å²) in [5, 5.41) is 2.55. The number of rotatable bonds is 7. The lowest BCUT2D eigenvalue weighted by Crippen LogP contribution is -2.30. The van der Waals surface area contributed by atoms with E-state index in [0.29, 0.717) is 5.69 Å². The third-order valence-corrected chi connectivity index (χ3v) is 4.87. The second-order valence-electron chi connectivity index (χ2n) is 5.81. The number of benzene rings is 1. The SMILES string of the molecule is CC(C)NS(=O)(=O)c1ccc(NC(=O)[C@@H](C)OC(=O)c2ccco2)cc1. The van der Waals surface area contributed by atoms with Gasteiger partial charge in [0.15, 0.2) is 6.10 Å². The predicted octanol–water partition coefficient (Wildman–Crippen LogP) is 2.15. The Kier molecular flexibility index (Phi) is 6.17. The summed E-state index contributed by atoms with van der Waals surface area (Å²) in [6.07, 6.45) is 0.268. The minimum absolute atomic E-state index is 0.00291. The minimum atomic E-state index is -3.60. The largest absolute Gasteiger partial charge is 0.457 e. The van der Waals surface area contributed by atoms with Gasteiger partial charge in [-0.05, 0) is 57.2 Å². The molecule has 140 valence electrons. The van der Waals surface area contributed by atoms with E-state index < -0.39 is 28.0 Å². The molecule has 0 saturated carbocycles. The summed E-state index contributed by atoms with van der Waals surface area (Å²) in [7, 11) is -3.60. The lowest BCUT2D eigenvalue weighted by atomic mass is 10.3. The summed E-state index contributed by atoms with van der Waals surface area (Å²) in [4.78, 5) is 23.9. The van der Waals surface area contributed by atoms with E-state index in [9.17, 15) is 18.0 Å². The Morgan fingerprint density at radius 2 is 1.73 bits per heavy atom. The topological polar surface area (TPSA) is 115 Å². The molecule has 8 nitrogen and oxygen atoms in total. The molecule has 2 aromatic rings. The van der Waals surface area contributed by atoms with Crippen molar-refractivity contribution in [1.82, 2.24) is 4.72 Å². The molecule has 1 aromatic carbocycles. The van der Waals surface area contributed by atoms with Crippen LogP contribution in [-0.4, -0.2) is 32.4 Å². The first-order valence-electron chi connectivity index (χ1n) is 7.87. The lowest BCUT2D eigenvalue weighted by molar-refractivity contribution is -0.123. The molecular formula is C17H20N2O6S. The van der Waals surface area contributed by atoms with Gasteiger partial charge in [0.05, 0.1) is 11.2 Å². The van der Waals surface area contributed by atoms with Crippen molar-refractivity contribution in [1.29, 1.82) is 0 Å².